The molecular weight excluding hydrogens is 364 g/mol. The number of carbonyl (C=O) groups excluding carboxylic acids is 2. The van der Waals surface area contributed by atoms with Gasteiger partial charge in [0.25, 0.3) is 0 Å². The highest BCUT2D eigenvalue weighted by Crippen LogP contribution is 2.27. The van der Waals surface area contributed by atoms with E-state index in [2.05, 4.69) is 10.1 Å². The van der Waals surface area contributed by atoms with Crippen LogP contribution in [0.5, 0.6) is 0 Å². The molecule has 7 nitrogen and oxygen atoms in total. The van der Waals surface area contributed by atoms with E-state index >= 15 is 0 Å². The molecule has 0 spiro atoms. The molecule has 0 aromatic carbocycles. The van der Waals surface area contributed by atoms with Crippen molar-refractivity contribution in [2.45, 2.75) is 13.8 Å². The Hall–Kier alpha value is -2.06. The van der Waals surface area contributed by atoms with Gasteiger partial charge in [-0.25, -0.2) is 4.68 Å². The molecule has 1 unspecified atom stereocenters. The number of hydrogen-bond acceptors (Lipinski definition) is 6. The zero-order chi connectivity index (χ0) is 18.4. The summed E-state index contributed by atoms with van der Waals surface area (Å²) in [5.41, 5.74) is 1.08. The number of halogens is 1. The van der Waals surface area contributed by atoms with Crippen LogP contribution in [0.4, 0.5) is 5.69 Å². The number of pyridine rings is 1. The van der Waals surface area contributed by atoms with Crippen molar-refractivity contribution in [1.29, 1.82) is 0 Å². The van der Waals surface area contributed by atoms with E-state index in [1.54, 1.807) is 36.4 Å². The number of hydrogen-bond donors (Lipinski definition) is 0. The summed E-state index contributed by atoms with van der Waals surface area (Å²) in [5.74, 6) is -0.290. The molecule has 0 aliphatic carbocycles. The van der Waals surface area contributed by atoms with Crippen molar-refractivity contribution in [3.63, 3.8) is 0 Å². The molecule has 0 saturated heterocycles. The number of amides is 1. The molecule has 1 amide bonds. The van der Waals surface area contributed by atoms with Crippen molar-refractivity contribution in [1.82, 2.24) is 14.8 Å². The SMILES string of the molecule is CSCC(C)C(=O)N(COC(C)=O)c1cn(-c2cccnc2)nc1Cl. The van der Waals surface area contributed by atoms with Crippen LogP contribution in [0.25, 0.3) is 5.69 Å². The molecule has 0 aliphatic heterocycles. The van der Waals surface area contributed by atoms with Gasteiger partial charge in [-0.05, 0) is 18.4 Å². The van der Waals surface area contributed by atoms with Crippen molar-refractivity contribution < 1.29 is 14.3 Å². The Labute approximate surface area is 155 Å². The van der Waals surface area contributed by atoms with Gasteiger partial charge in [-0.2, -0.15) is 16.9 Å². The van der Waals surface area contributed by atoms with Gasteiger partial charge in [0.1, 0.15) is 5.69 Å². The summed E-state index contributed by atoms with van der Waals surface area (Å²) >= 11 is 7.80. The molecule has 1 atom stereocenters. The fourth-order valence-electron chi connectivity index (χ4n) is 2.14. The smallest absolute Gasteiger partial charge is 0.304 e. The molecule has 0 saturated carbocycles. The predicted molar refractivity (Wildman–Crippen MR) is 98.0 cm³/mol. The first kappa shape index (κ1) is 19.3. The van der Waals surface area contributed by atoms with E-state index in [0.717, 1.165) is 0 Å². The molecule has 25 heavy (non-hydrogen) atoms. The molecule has 0 bridgehead atoms. The molecule has 0 radical (unpaired) electrons. The average Bonchev–Trinajstić information content (AvgIpc) is 2.97. The first-order valence-electron chi connectivity index (χ1n) is 7.53. The van der Waals surface area contributed by atoms with Gasteiger partial charge < -0.3 is 4.74 Å². The molecule has 0 fully saturated rings. The number of anilines is 1. The maximum atomic E-state index is 12.8. The van der Waals surface area contributed by atoms with Gasteiger partial charge in [0.15, 0.2) is 11.9 Å². The van der Waals surface area contributed by atoms with E-state index in [1.807, 2.05) is 19.2 Å². The Kier molecular flexibility index (Phi) is 6.83. The fourth-order valence-corrected chi connectivity index (χ4v) is 3.02. The fraction of sp³-hybridized carbons (Fsp3) is 0.375. The van der Waals surface area contributed by atoms with Crippen molar-refractivity contribution in [2.75, 3.05) is 23.6 Å². The number of carbonyl (C=O) groups is 2. The molecular formula is C16H19ClN4O3S. The van der Waals surface area contributed by atoms with E-state index in [1.165, 1.54) is 16.5 Å². The number of ether oxygens (including phenoxy) is 1. The van der Waals surface area contributed by atoms with Crippen molar-refractivity contribution >= 4 is 40.9 Å². The molecule has 9 heteroatoms. The second-order valence-electron chi connectivity index (χ2n) is 5.35. The van der Waals surface area contributed by atoms with Crippen LogP contribution in [0.3, 0.4) is 0 Å². The predicted octanol–water partition coefficient (Wildman–Crippen LogP) is 2.77. The summed E-state index contributed by atoms with van der Waals surface area (Å²) in [6.45, 7) is 2.89. The van der Waals surface area contributed by atoms with Crippen LogP contribution in [-0.4, -0.2) is 45.4 Å². The van der Waals surface area contributed by atoms with E-state index < -0.39 is 5.97 Å². The molecule has 0 aliphatic rings. The lowest BCUT2D eigenvalue weighted by Crippen LogP contribution is -2.38. The summed E-state index contributed by atoms with van der Waals surface area (Å²) in [4.78, 5) is 29.3. The average molecular weight is 383 g/mol. The van der Waals surface area contributed by atoms with Crippen LogP contribution in [0.15, 0.2) is 30.7 Å². The Morgan fingerprint density at radius 2 is 2.24 bits per heavy atom. The lowest BCUT2D eigenvalue weighted by Gasteiger charge is -2.23. The van der Waals surface area contributed by atoms with Crippen LogP contribution < -0.4 is 4.90 Å². The Morgan fingerprint density at radius 1 is 1.48 bits per heavy atom. The third-order valence-electron chi connectivity index (χ3n) is 3.35. The van der Waals surface area contributed by atoms with Crippen LogP contribution in [-0.2, 0) is 14.3 Å². The topological polar surface area (TPSA) is 77.3 Å². The van der Waals surface area contributed by atoms with E-state index in [-0.39, 0.29) is 23.7 Å². The normalized spacial score (nSPS) is 11.8. The summed E-state index contributed by atoms with van der Waals surface area (Å²) in [5, 5.41) is 4.36. The van der Waals surface area contributed by atoms with E-state index in [4.69, 9.17) is 16.3 Å². The minimum absolute atomic E-state index is 0.140. The third kappa shape index (κ3) is 4.96. The zero-order valence-corrected chi connectivity index (χ0v) is 15.8. The maximum Gasteiger partial charge on any atom is 0.304 e. The maximum absolute atomic E-state index is 12.8. The molecule has 134 valence electrons. The van der Waals surface area contributed by atoms with Gasteiger partial charge in [-0.1, -0.05) is 18.5 Å². The lowest BCUT2D eigenvalue weighted by molar-refractivity contribution is -0.141. The molecule has 2 aromatic rings. The second kappa shape index (κ2) is 8.87. The number of rotatable bonds is 7. The van der Waals surface area contributed by atoms with Gasteiger partial charge >= 0.3 is 5.97 Å². The first-order valence-corrected chi connectivity index (χ1v) is 9.30. The number of thioether (sulfide) groups is 1. The summed E-state index contributed by atoms with van der Waals surface area (Å²) in [7, 11) is 0. The van der Waals surface area contributed by atoms with Crippen LogP contribution in [0, 0.1) is 5.92 Å². The van der Waals surface area contributed by atoms with Crippen molar-refractivity contribution in [2.24, 2.45) is 5.92 Å². The van der Waals surface area contributed by atoms with E-state index in [9.17, 15) is 9.59 Å². The van der Waals surface area contributed by atoms with Crippen molar-refractivity contribution in [3.05, 3.63) is 35.9 Å². The highest BCUT2D eigenvalue weighted by atomic mass is 35.5. The number of aromatic nitrogens is 3. The monoisotopic (exact) mass is 382 g/mol. The Morgan fingerprint density at radius 3 is 2.84 bits per heavy atom. The highest BCUT2D eigenvalue weighted by Gasteiger charge is 2.26. The number of esters is 1. The lowest BCUT2D eigenvalue weighted by atomic mass is 10.2. The summed E-state index contributed by atoms with van der Waals surface area (Å²) in [6, 6.07) is 3.58. The standard InChI is InChI=1S/C16H19ClN4O3S/c1-11(9-25-3)16(23)20(10-24-12(2)22)14-8-21(19-15(14)17)13-5-4-6-18-7-13/h4-8,11H,9-10H2,1-3H3. The van der Waals surface area contributed by atoms with Gasteiger partial charge in [-0.15, -0.1) is 0 Å². The molecule has 2 heterocycles. The van der Waals surface area contributed by atoms with Crippen molar-refractivity contribution in [3.8, 4) is 5.69 Å². The van der Waals surface area contributed by atoms with Gasteiger partial charge in [0.05, 0.1) is 18.1 Å². The van der Waals surface area contributed by atoms with Crippen LogP contribution in [0.1, 0.15) is 13.8 Å². The minimum Gasteiger partial charge on any atom is -0.444 e. The molecule has 0 N–H and O–H groups in total. The summed E-state index contributed by atoms with van der Waals surface area (Å²) < 4.78 is 6.55. The quantitative estimate of drug-likeness (QED) is 0.541. The largest absolute Gasteiger partial charge is 0.444 e. The minimum atomic E-state index is -0.480. The number of nitrogens with zero attached hydrogens (tertiary/aromatic N) is 4. The van der Waals surface area contributed by atoms with Gasteiger partial charge in [0.2, 0.25) is 5.91 Å². The molecule has 2 rings (SSSR count). The van der Waals surface area contributed by atoms with Crippen LogP contribution >= 0.6 is 23.4 Å². The summed E-state index contributed by atoms with van der Waals surface area (Å²) in [6.07, 6.45) is 6.82. The van der Waals surface area contributed by atoms with E-state index in [0.29, 0.717) is 17.1 Å². The Bertz CT molecular complexity index is 738. The highest BCUT2D eigenvalue weighted by molar-refractivity contribution is 7.98. The van der Waals surface area contributed by atoms with Gasteiger partial charge in [0, 0.05) is 24.8 Å². The third-order valence-corrected chi connectivity index (χ3v) is 4.46. The zero-order valence-electron chi connectivity index (χ0n) is 14.2. The Balaban J connectivity index is 2.34. The first-order chi connectivity index (χ1) is 11.9. The second-order valence-corrected chi connectivity index (χ2v) is 6.62. The molecule has 2 aromatic heterocycles. The van der Waals surface area contributed by atoms with Gasteiger partial charge in [-0.3, -0.25) is 19.5 Å². The van der Waals surface area contributed by atoms with Crippen LogP contribution in [0.2, 0.25) is 5.15 Å².